The predicted octanol–water partition coefficient (Wildman–Crippen LogP) is 3.99. The molecule has 0 bridgehead atoms. The molecule has 2 rings (SSSR count). The van der Waals surface area contributed by atoms with Gasteiger partial charge < -0.3 is 19.9 Å². The van der Waals surface area contributed by atoms with E-state index in [0.717, 1.165) is 38.5 Å². The maximum atomic E-state index is 12.7. The van der Waals surface area contributed by atoms with Crippen molar-refractivity contribution in [2.75, 3.05) is 13.2 Å². The Morgan fingerprint density at radius 1 is 0.647 bits per heavy atom. The number of hydroxylamine groups is 4. The summed E-state index contributed by atoms with van der Waals surface area (Å²) < 4.78 is 0. The standard InChI is InChI=1S/C26H48N2O6/c1-23(2)15-19(11-13-29)16-24(3,4)27(23)33-21(31)9-10-22(32)34-28-25(5,6)17-20(12-14-30)18-26(28,7)8/h19-20,29-30H,9-18H2,1-8H3. The van der Waals surface area contributed by atoms with E-state index < -0.39 is 11.9 Å². The minimum absolute atomic E-state index is 0.0522. The zero-order valence-electron chi connectivity index (χ0n) is 22.6. The number of carbonyl (C=O) groups is 2. The summed E-state index contributed by atoms with van der Waals surface area (Å²) in [4.78, 5) is 37.0. The Balaban J connectivity index is 1.94. The van der Waals surface area contributed by atoms with Crippen LogP contribution in [0.3, 0.4) is 0 Å². The lowest BCUT2D eigenvalue weighted by Crippen LogP contribution is -2.61. The minimum Gasteiger partial charge on any atom is -0.396 e. The second kappa shape index (κ2) is 10.8. The molecule has 8 heteroatoms. The van der Waals surface area contributed by atoms with E-state index in [9.17, 15) is 19.8 Å². The number of aliphatic hydroxyl groups excluding tert-OH is 2. The van der Waals surface area contributed by atoms with E-state index in [1.165, 1.54) is 0 Å². The van der Waals surface area contributed by atoms with E-state index in [4.69, 9.17) is 9.68 Å². The molecule has 2 heterocycles. The molecule has 2 aliphatic rings. The predicted molar refractivity (Wildman–Crippen MR) is 130 cm³/mol. The molecule has 0 aromatic carbocycles. The van der Waals surface area contributed by atoms with Crippen LogP contribution in [0.15, 0.2) is 0 Å². The maximum absolute atomic E-state index is 12.7. The maximum Gasteiger partial charge on any atom is 0.325 e. The first-order chi connectivity index (χ1) is 15.5. The van der Waals surface area contributed by atoms with Gasteiger partial charge in [0.25, 0.3) is 0 Å². The van der Waals surface area contributed by atoms with Crippen molar-refractivity contribution >= 4 is 11.9 Å². The topological polar surface area (TPSA) is 99.5 Å². The lowest BCUT2D eigenvalue weighted by Gasteiger charge is -2.53. The third-order valence-electron chi connectivity index (χ3n) is 7.35. The number of aliphatic hydroxyl groups is 2. The summed E-state index contributed by atoms with van der Waals surface area (Å²) in [6.07, 6.45) is 4.67. The largest absolute Gasteiger partial charge is 0.396 e. The molecule has 2 N–H and O–H groups in total. The van der Waals surface area contributed by atoms with Crippen LogP contribution >= 0.6 is 0 Å². The smallest absolute Gasteiger partial charge is 0.325 e. The first kappa shape index (κ1) is 29.0. The first-order valence-electron chi connectivity index (χ1n) is 12.8. The fourth-order valence-electron chi connectivity index (χ4n) is 6.71. The van der Waals surface area contributed by atoms with E-state index in [1.54, 1.807) is 10.1 Å². The lowest BCUT2D eigenvalue weighted by molar-refractivity contribution is -0.276. The van der Waals surface area contributed by atoms with Crippen LogP contribution in [0.5, 0.6) is 0 Å². The zero-order valence-corrected chi connectivity index (χ0v) is 22.6. The van der Waals surface area contributed by atoms with E-state index in [-0.39, 0.29) is 48.2 Å². The van der Waals surface area contributed by atoms with Gasteiger partial charge in [0.15, 0.2) is 0 Å². The monoisotopic (exact) mass is 484 g/mol. The Hall–Kier alpha value is -1.22. The molecule has 0 saturated carbocycles. The van der Waals surface area contributed by atoms with Gasteiger partial charge in [0, 0.05) is 13.2 Å². The summed E-state index contributed by atoms with van der Waals surface area (Å²) in [5.74, 6) is -0.154. The molecular weight excluding hydrogens is 436 g/mol. The molecule has 0 aromatic rings. The van der Waals surface area contributed by atoms with Gasteiger partial charge in [0.1, 0.15) is 0 Å². The summed E-state index contributed by atoms with van der Waals surface area (Å²) >= 11 is 0. The molecule has 0 spiro atoms. The van der Waals surface area contributed by atoms with E-state index in [2.05, 4.69) is 0 Å². The van der Waals surface area contributed by atoms with Gasteiger partial charge in [-0.25, -0.2) is 0 Å². The summed E-state index contributed by atoms with van der Waals surface area (Å²) in [7, 11) is 0. The van der Waals surface area contributed by atoms with Crippen molar-refractivity contribution in [2.45, 2.75) is 129 Å². The lowest BCUT2D eigenvalue weighted by atomic mass is 9.74. The van der Waals surface area contributed by atoms with E-state index >= 15 is 0 Å². The Labute approximate surface area is 205 Å². The van der Waals surface area contributed by atoms with Crippen LogP contribution in [-0.2, 0) is 19.3 Å². The molecule has 0 aliphatic carbocycles. The molecule has 2 saturated heterocycles. The molecule has 34 heavy (non-hydrogen) atoms. The van der Waals surface area contributed by atoms with Crippen LogP contribution in [0.25, 0.3) is 0 Å². The van der Waals surface area contributed by atoms with Crippen LogP contribution in [-0.4, -0.2) is 67.6 Å². The number of hydrogen-bond donors (Lipinski definition) is 2. The van der Waals surface area contributed by atoms with E-state index in [0.29, 0.717) is 11.8 Å². The summed E-state index contributed by atoms with van der Waals surface area (Å²) in [6, 6.07) is 0. The number of hydrogen-bond acceptors (Lipinski definition) is 8. The van der Waals surface area contributed by atoms with Gasteiger partial charge in [-0.1, -0.05) is 0 Å². The zero-order chi connectivity index (χ0) is 25.9. The average Bonchev–Trinajstić information content (AvgIpc) is 2.65. The molecule has 2 fully saturated rings. The highest BCUT2D eigenvalue weighted by molar-refractivity contribution is 5.77. The third kappa shape index (κ3) is 7.15. The first-order valence-corrected chi connectivity index (χ1v) is 12.8. The molecule has 2 aliphatic heterocycles. The Kier molecular flexibility index (Phi) is 9.22. The van der Waals surface area contributed by atoms with E-state index in [1.807, 2.05) is 55.4 Å². The Morgan fingerprint density at radius 3 is 1.15 bits per heavy atom. The van der Waals surface area contributed by atoms with Crippen molar-refractivity contribution in [3.63, 3.8) is 0 Å². The molecule has 8 nitrogen and oxygen atoms in total. The number of nitrogens with zero attached hydrogens (tertiary/aromatic N) is 2. The number of carbonyl (C=O) groups excluding carboxylic acids is 2. The van der Waals surface area contributed by atoms with Crippen LogP contribution in [0.2, 0.25) is 0 Å². The molecule has 0 aromatic heterocycles. The second-order valence-corrected chi connectivity index (χ2v) is 12.8. The Morgan fingerprint density at radius 2 is 0.912 bits per heavy atom. The molecule has 0 amide bonds. The van der Waals surface area contributed by atoms with Crippen molar-refractivity contribution < 1.29 is 29.5 Å². The molecule has 0 radical (unpaired) electrons. The van der Waals surface area contributed by atoms with Crippen molar-refractivity contribution in [3.8, 4) is 0 Å². The SMILES string of the molecule is CC1(C)CC(CCO)CC(C)(C)N1OC(=O)CCC(=O)ON1C(C)(C)CC(CCO)CC1(C)C. The fourth-order valence-corrected chi connectivity index (χ4v) is 6.71. The fraction of sp³-hybridized carbons (Fsp3) is 0.923. The highest BCUT2D eigenvalue weighted by Crippen LogP contribution is 2.44. The van der Waals surface area contributed by atoms with Crippen molar-refractivity contribution in [2.24, 2.45) is 11.8 Å². The minimum atomic E-state index is -0.445. The van der Waals surface area contributed by atoms with Crippen molar-refractivity contribution in [1.82, 2.24) is 10.1 Å². The van der Waals surface area contributed by atoms with Gasteiger partial charge in [-0.15, -0.1) is 10.1 Å². The van der Waals surface area contributed by atoms with Gasteiger partial charge in [-0.2, -0.15) is 0 Å². The quantitative estimate of drug-likeness (QED) is 0.507. The van der Waals surface area contributed by atoms with Crippen LogP contribution in [0, 0.1) is 11.8 Å². The highest BCUT2D eigenvalue weighted by Gasteiger charge is 2.49. The van der Waals surface area contributed by atoms with Gasteiger partial charge in [0.05, 0.1) is 35.0 Å². The number of piperidine rings is 2. The van der Waals surface area contributed by atoms with Crippen molar-refractivity contribution in [3.05, 3.63) is 0 Å². The summed E-state index contributed by atoms with van der Waals surface area (Å²) in [5.41, 5.74) is -1.48. The summed E-state index contributed by atoms with van der Waals surface area (Å²) in [5, 5.41) is 22.3. The van der Waals surface area contributed by atoms with Gasteiger partial charge in [0.2, 0.25) is 0 Å². The van der Waals surface area contributed by atoms with Crippen LogP contribution in [0.4, 0.5) is 0 Å². The Bertz CT molecular complexity index is 622. The summed E-state index contributed by atoms with van der Waals surface area (Å²) in [6.45, 7) is 16.7. The molecule has 0 unspecified atom stereocenters. The average molecular weight is 485 g/mol. The van der Waals surface area contributed by atoms with Gasteiger partial charge in [-0.3, -0.25) is 9.59 Å². The number of rotatable bonds is 9. The van der Waals surface area contributed by atoms with Crippen LogP contribution < -0.4 is 0 Å². The molecular formula is C26H48N2O6. The highest BCUT2D eigenvalue weighted by atomic mass is 16.7. The second-order valence-electron chi connectivity index (χ2n) is 12.8. The third-order valence-corrected chi connectivity index (χ3v) is 7.35. The molecule has 0 atom stereocenters. The van der Waals surface area contributed by atoms with Gasteiger partial charge >= 0.3 is 11.9 Å². The van der Waals surface area contributed by atoms with Crippen molar-refractivity contribution in [1.29, 1.82) is 0 Å². The normalized spacial score (nSPS) is 25.1. The van der Waals surface area contributed by atoms with Crippen LogP contribution in [0.1, 0.15) is 107 Å². The van der Waals surface area contributed by atoms with Gasteiger partial charge in [-0.05, 0) is 106 Å². The molecule has 198 valence electrons.